The molecule has 11 heteroatoms. The summed E-state index contributed by atoms with van der Waals surface area (Å²) < 4.78 is 6.83. The highest BCUT2D eigenvalue weighted by Gasteiger charge is 2.24. The molecule has 3 N–H and O–H groups in total. The van der Waals surface area contributed by atoms with Crippen LogP contribution < -0.4 is 11.1 Å². The molecule has 11 nitrogen and oxygen atoms in total. The first kappa shape index (κ1) is 23.8. The molecule has 2 heterocycles. The summed E-state index contributed by atoms with van der Waals surface area (Å²) >= 11 is 0. The van der Waals surface area contributed by atoms with Crippen LogP contribution in [0.25, 0.3) is 22.2 Å². The molecule has 1 amide bonds. The maximum Gasteiger partial charge on any atom is 0.270 e. The molecule has 0 saturated carbocycles. The normalized spacial score (nSPS) is 11.6. The molecule has 0 bridgehead atoms. The largest absolute Gasteiger partial charge is 0.383 e. The van der Waals surface area contributed by atoms with Gasteiger partial charge in [0.15, 0.2) is 5.65 Å². The number of ether oxygens (including phenoxy) is 1. The van der Waals surface area contributed by atoms with Gasteiger partial charge in [0, 0.05) is 30.8 Å². The average molecular weight is 476 g/mol. The molecular weight excluding hydrogens is 450 g/mol. The summed E-state index contributed by atoms with van der Waals surface area (Å²) in [5.74, 6) is -0.334. The van der Waals surface area contributed by atoms with Crippen LogP contribution in [0.5, 0.6) is 0 Å². The number of rotatable bonds is 9. The molecular formula is C24H25N7O4. The number of fused-ring (bicyclic) bond motifs is 2. The lowest BCUT2D eigenvalue weighted by Gasteiger charge is -2.08. The average Bonchev–Trinajstić information content (AvgIpc) is 3.10. The number of nitrogen functional groups attached to an aromatic ring is 1. The number of carbonyl (C=O) groups is 1. The molecule has 0 atom stereocenters. The Hall–Kier alpha value is -4.38. The Balaban J connectivity index is 1.72. The number of nitro benzene ring substituents is 1. The number of aromatic nitrogens is 3. The van der Waals surface area contributed by atoms with E-state index in [9.17, 15) is 14.9 Å². The van der Waals surface area contributed by atoms with Crippen molar-refractivity contribution >= 4 is 45.8 Å². The first-order valence-corrected chi connectivity index (χ1v) is 11.1. The summed E-state index contributed by atoms with van der Waals surface area (Å²) in [7, 11) is 0. The third kappa shape index (κ3) is 5.25. The fourth-order valence-corrected chi connectivity index (χ4v) is 3.51. The van der Waals surface area contributed by atoms with Gasteiger partial charge in [-0.3, -0.25) is 14.9 Å². The number of anilines is 1. The fourth-order valence-electron chi connectivity index (χ4n) is 3.51. The van der Waals surface area contributed by atoms with Crippen molar-refractivity contribution in [3.8, 4) is 0 Å². The van der Waals surface area contributed by atoms with Crippen LogP contribution in [0.1, 0.15) is 36.2 Å². The minimum absolute atomic E-state index is 0.0629. The Morgan fingerprint density at radius 1 is 1.23 bits per heavy atom. The Kier molecular flexibility index (Phi) is 6.97. The third-order valence-electron chi connectivity index (χ3n) is 5.16. The zero-order valence-electron chi connectivity index (χ0n) is 19.3. The lowest BCUT2D eigenvalue weighted by molar-refractivity contribution is -0.384. The van der Waals surface area contributed by atoms with Crippen molar-refractivity contribution in [2.24, 2.45) is 5.10 Å². The molecule has 4 aromatic rings. The van der Waals surface area contributed by atoms with Gasteiger partial charge in [0.25, 0.3) is 11.6 Å². The zero-order chi connectivity index (χ0) is 24.9. The monoisotopic (exact) mass is 475 g/mol. The van der Waals surface area contributed by atoms with E-state index in [4.69, 9.17) is 10.5 Å². The SMILES string of the molecule is CC(C)OCCCNC(=O)c1c(N)n(N=Cc2cccc([N+](=O)[O-])c2)c2nc3ccccc3nc12. The van der Waals surface area contributed by atoms with Gasteiger partial charge < -0.3 is 15.8 Å². The number of nitro groups is 1. The van der Waals surface area contributed by atoms with E-state index in [-0.39, 0.29) is 23.2 Å². The van der Waals surface area contributed by atoms with E-state index < -0.39 is 10.8 Å². The fraction of sp³-hybridized carbons (Fsp3) is 0.250. The standard InChI is InChI=1S/C24H25N7O4/c1-15(2)35-12-6-11-26-24(32)20-21-23(29-19-10-4-3-9-18(19)28-21)30(22(20)25)27-14-16-7-5-8-17(13-16)31(33)34/h3-5,7-10,13-15H,6,11-12,25H2,1-2H3,(H,26,32). The molecule has 2 aromatic heterocycles. The van der Waals surface area contributed by atoms with E-state index in [1.807, 2.05) is 26.0 Å². The van der Waals surface area contributed by atoms with Gasteiger partial charge in [0.2, 0.25) is 0 Å². The predicted octanol–water partition coefficient (Wildman–Crippen LogP) is 3.50. The van der Waals surface area contributed by atoms with Crippen LogP contribution in [0.15, 0.2) is 53.6 Å². The number of nitrogens with zero attached hydrogens (tertiary/aromatic N) is 5. The highest BCUT2D eigenvalue weighted by Crippen LogP contribution is 2.28. The smallest absolute Gasteiger partial charge is 0.270 e. The van der Waals surface area contributed by atoms with Crippen LogP contribution in [-0.2, 0) is 4.74 Å². The maximum absolute atomic E-state index is 13.1. The Morgan fingerprint density at radius 3 is 2.69 bits per heavy atom. The van der Waals surface area contributed by atoms with E-state index in [1.54, 1.807) is 24.3 Å². The molecule has 0 aliphatic heterocycles. The van der Waals surface area contributed by atoms with E-state index in [2.05, 4.69) is 20.4 Å². The summed E-state index contributed by atoms with van der Waals surface area (Å²) in [6.07, 6.45) is 2.18. The van der Waals surface area contributed by atoms with Crippen LogP contribution >= 0.6 is 0 Å². The van der Waals surface area contributed by atoms with Crippen molar-refractivity contribution in [2.75, 3.05) is 18.9 Å². The Bertz CT molecular complexity index is 1430. The van der Waals surface area contributed by atoms with Crippen molar-refractivity contribution in [3.63, 3.8) is 0 Å². The number of nitrogens with one attached hydrogen (secondary N) is 1. The summed E-state index contributed by atoms with van der Waals surface area (Å²) in [5.41, 5.74) is 8.80. The van der Waals surface area contributed by atoms with Gasteiger partial charge in [0.1, 0.15) is 16.9 Å². The Morgan fingerprint density at radius 2 is 1.97 bits per heavy atom. The number of carbonyl (C=O) groups excluding carboxylic acids is 1. The summed E-state index contributed by atoms with van der Waals surface area (Å²) in [5, 5.41) is 18.3. The van der Waals surface area contributed by atoms with Gasteiger partial charge in [-0.25, -0.2) is 9.97 Å². The van der Waals surface area contributed by atoms with Gasteiger partial charge in [-0.05, 0) is 32.4 Å². The van der Waals surface area contributed by atoms with Crippen LogP contribution in [0, 0.1) is 10.1 Å². The van der Waals surface area contributed by atoms with E-state index in [0.717, 1.165) is 0 Å². The third-order valence-corrected chi connectivity index (χ3v) is 5.16. The second-order valence-corrected chi connectivity index (χ2v) is 8.08. The van der Waals surface area contributed by atoms with Gasteiger partial charge >= 0.3 is 0 Å². The second-order valence-electron chi connectivity index (χ2n) is 8.08. The molecule has 35 heavy (non-hydrogen) atoms. The minimum atomic E-state index is -0.483. The first-order valence-electron chi connectivity index (χ1n) is 11.1. The van der Waals surface area contributed by atoms with Crippen molar-refractivity contribution in [2.45, 2.75) is 26.4 Å². The number of para-hydroxylation sites is 2. The molecule has 0 radical (unpaired) electrons. The Labute approximate surface area is 200 Å². The summed E-state index contributed by atoms with van der Waals surface area (Å²) in [6.45, 7) is 4.82. The number of non-ortho nitro benzene ring substituents is 1. The molecule has 180 valence electrons. The predicted molar refractivity (Wildman–Crippen MR) is 134 cm³/mol. The number of amides is 1. The molecule has 0 saturated heterocycles. The van der Waals surface area contributed by atoms with Gasteiger partial charge in [-0.15, -0.1) is 0 Å². The molecule has 0 aliphatic rings. The second kappa shape index (κ2) is 10.3. The molecule has 0 fully saturated rings. The number of benzene rings is 2. The van der Waals surface area contributed by atoms with Crippen LogP contribution in [-0.4, -0.2) is 50.9 Å². The van der Waals surface area contributed by atoms with Crippen molar-refractivity contribution in [1.82, 2.24) is 20.0 Å². The first-order chi connectivity index (χ1) is 16.8. The quantitative estimate of drug-likeness (QED) is 0.163. The lowest BCUT2D eigenvalue weighted by atomic mass is 10.2. The number of nitrogens with two attached hydrogens (primary N) is 1. The van der Waals surface area contributed by atoms with Crippen molar-refractivity contribution < 1.29 is 14.5 Å². The zero-order valence-corrected chi connectivity index (χ0v) is 19.3. The molecule has 0 spiro atoms. The van der Waals surface area contributed by atoms with Crippen molar-refractivity contribution in [1.29, 1.82) is 0 Å². The minimum Gasteiger partial charge on any atom is -0.383 e. The van der Waals surface area contributed by atoms with E-state index in [1.165, 1.54) is 23.0 Å². The molecule has 0 unspecified atom stereocenters. The topological polar surface area (TPSA) is 151 Å². The van der Waals surface area contributed by atoms with E-state index >= 15 is 0 Å². The summed E-state index contributed by atoms with van der Waals surface area (Å²) in [6, 6.07) is 13.3. The highest BCUT2D eigenvalue weighted by atomic mass is 16.6. The maximum atomic E-state index is 13.1. The van der Waals surface area contributed by atoms with E-state index in [0.29, 0.717) is 47.3 Å². The van der Waals surface area contributed by atoms with Gasteiger partial charge in [-0.1, -0.05) is 24.3 Å². The van der Waals surface area contributed by atoms with Gasteiger partial charge in [-0.2, -0.15) is 9.78 Å². The molecule has 2 aromatic carbocycles. The molecule has 4 rings (SSSR count). The highest BCUT2D eigenvalue weighted by molar-refractivity contribution is 6.10. The lowest BCUT2D eigenvalue weighted by Crippen LogP contribution is -2.26. The number of hydrogen-bond acceptors (Lipinski definition) is 8. The molecule has 0 aliphatic carbocycles. The van der Waals surface area contributed by atoms with Crippen LogP contribution in [0.3, 0.4) is 0 Å². The number of hydrogen-bond donors (Lipinski definition) is 2. The van der Waals surface area contributed by atoms with Crippen LogP contribution in [0.2, 0.25) is 0 Å². The van der Waals surface area contributed by atoms with Crippen molar-refractivity contribution in [3.05, 3.63) is 69.8 Å². The summed E-state index contributed by atoms with van der Waals surface area (Å²) in [4.78, 5) is 32.9. The van der Waals surface area contributed by atoms with Crippen LogP contribution in [0.4, 0.5) is 11.5 Å². The van der Waals surface area contributed by atoms with Gasteiger partial charge in [0.05, 0.1) is 28.3 Å².